The van der Waals surface area contributed by atoms with Crippen molar-refractivity contribution in [3.8, 4) is 11.6 Å². The van der Waals surface area contributed by atoms with Gasteiger partial charge in [-0.05, 0) is 11.5 Å². The van der Waals surface area contributed by atoms with Gasteiger partial charge in [0.05, 0.1) is 6.20 Å². The molecule has 4 nitrogen and oxygen atoms in total. The van der Waals surface area contributed by atoms with Crippen LogP contribution in [0.25, 0.3) is 0 Å². The summed E-state index contributed by atoms with van der Waals surface area (Å²) in [5, 5.41) is 0. The maximum atomic E-state index is 5.79. The van der Waals surface area contributed by atoms with E-state index < -0.39 is 0 Å². The molecule has 0 atom stereocenters. The van der Waals surface area contributed by atoms with Gasteiger partial charge in [0.1, 0.15) is 17.8 Å². The highest BCUT2D eigenvalue weighted by Gasteiger charge is 2.19. The first-order chi connectivity index (χ1) is 8.48. The molecule has 18 heavy (non-hydrogen) atoms. The van der Waals surface area contributed by atoms with Crippen molar-refractivity contribution in [3.63, 3.8) is 0 Å². The normalized spacial score (nSPS) is 11.3. The number of hydrogen-bond acceptors (Lipinski definition) is 4. The maximum Gasteiger partial charge on any atom is 0.245 e. The van der Waals surface area contributed by atoms with Crippen LogP contribution in [0.2, 0.25) is 0 Å². The smallest absolute Gasteiger partial charge is 0.245 e. The minimum atomic E-state index is -0.00160. The highest BCUT2D eigenvalue weighted by molar-refractivity contribution is 5.49. The van der Waals surface area contributed by atoms with E-state index in [1.54, 1.807) is 0 Å². The van der Waals surface area contributed by atoms with Gasteiger partial charge in [-0.15, -0.1) is 0 Å². The lowest BCUT2D eigenvalue weighted by Crippen LogP contribution is -2.12. The molecule has 0 saturated heterocycles. The van der Waals surface area contributed by atoms with E-state index in [9.17, 15) is 0 Å². The number of hydrogen-bond donors (Lipinski definition) is 1. The molecule has 1 aromatic carbocycles. The number of benzene rings is 1. The fraction of sp³-hybridized carbons (Fsp3) is 0.286. The van der Waals surface area contributed by atoms with Gasteiger partial charge >= 0.3 is 0 Å². The van der Waals surface area contributed by atoms with E-state index in [2.05, 4.69) is 30.7 Å². The molecule has 4 heteroatoms. The summed E-state index contributed by atoms with van der Waals surface area (Å²) in [5.74, 6) is 1.16. The van der Waals surface area contributed by atoms with Crippen molar-refractivity contribution in [2.75, 3.05) is 5.73 Å². The van der Waals surface area contributed by atoms with Crippen molar-refractivity contribution < 1.29 is 4.74 Å². The van der Waals surface area contributed by atoms with E-state index in [1.165, 1.54) is 12.5 Å². The molecule has 2 aromatic rings. The molecule has 0 bridgehead atoms. The summed E-state index contributed by atoms with van der Waals surface area (Å²) in [5.41, 5.74) is 7.32. The molecule has 0 aliphatic carbocycles. The fourth-order valence-electron chi connectivity index (χ4n) is 1.69. The van der Waals surface area contributed by atoms with Gasteiger partial charge in [-0.25, -0.2) is 4.98 Å². The van der Waals surface area contributed by atoms with E-state index in [0.717, 1.165) is 11.3 Å². The number of aromatic nitrogens is 2. The Morgan fingerprint density at radius 1 is 1.17 bits per heavy atom. The zero-order chi connectivity index (χ0) is 13.2. The van der Waals surface area contributed by atoms with Crippen molar-refractivity contribution in [2.24, 2.45) is 0 Å². The van der Waals surface area contributed by atoms with Crippen LogP contribution in [-0.2, 0) is 5.41 Å². The summed E-state index contributed by atoms with van der Waals surface area (Å²) in [6, 6.07) is 7.90. The van der Waals surface area contributed by atoms with Gasteiger partial charge in [-0.1, -0.05) is 39.0 Å². The second kappa shape index (κ2) is 4.64. The van der Waals surface area contributed by atoms with Gasteiger partial charge in [0.15, 0.2) is 0 Å². The third-order valence-corrected chi connectivity index (χ3v) is 2.60. The Bertz CT molecular complexity index is 547. The zero-order valence-corrected chi connectivity index (χ0v) is 10.8. The summed E-state index contributed by atoms with van der Waals surface area (Å²) >= 11 is 0. The number of nitrogen functional groups attached to an aromatic ring is 1. The van der Waals surface area contributed by atoms with Crippen molar-refractivity contribution in [1.29, 1.82) is 0 Å². The Balaban J connectivity index is 2.39. The predicted octanol–water partition coefficient (Wildman–Crippen LogP) is 3.15. The summed E-state index contributed by atoms with van der Waals surface area (Å²) < 4.78 is 5.79. The molecule has 0 radical (unpaired) electrons. The molecule has 1 heterocycles. The van der Waals surface area contributed by atoms with Crippen molar-refractivity contribution >= 4 is 5.69 Å². The van der Waals surface area contributed by atoms with Crippen LogP contribution >= 0.6 is 0 Å². The van der Waals surface area contributed by atoms with E-state index >= 15 is 0 Å². The van der Waals surface area contributed by atoms with Gasteiger partial charge in [-0.2, -0.15) is 4.98 Å². The monoisotopic (exact) mass is 243 g/mol. The van der Waals surface area contributed by atoms with Crippen LogP contribution in [0.5, 0.6) is 11.6 Å². The SMILES string of the molecule is CC(C)(C)c1ccccc1Oc1ncncc1N. The number of nitrogens with zero attached hydrogens (tertiary/aromatic N) is 2. The Morgan fingerprint density at radius 3 is 2.56 bits per heavy atom. The second-order valence-corrected chi connectivity index (χ2v) is 5.13. The third kappa shape index (κ3) is 2.59. The Labute approximate surface area is 107 Å². The standard InChI is InChI=1S/C14H17N3O/c1-14(2,3)10-6-4-5-7-12(10)18-13-11(15)8-16-9-17-13/h4-9H,15H2,1-3H3. The van der Waals surface area contributed by atoms with Crippen molar-refractivity contribution in [2.45, 2.75) is 26.2 Å². The molecule has 0 aliphatic rings. The van der Waals surface area contributed by atoms with Crippen molar-refractivity contribution in [3.05, 3.63) is 42.4 Å². The topological polar surface area (TPSA) is 61.0 Å². The molecule has 2 N–H and O–H groups in total. The second-order valence-electron chi connectivity index (χ2n) is 5.13. The van der Waals surface area contributed by atoms with Gasteiger partial charge < -0.3 is 10.5 Å². The molecule has 1 aromatic heterocycles. The third-order valence-electron chi connectivity index (χ3n) is 2.60. The van der Waals surface area contributed by atoms with Gasteiger partial charge in [0.25, 0.3) is 0 Å². The molecular formula is C14H17N3O. The first kappa shape index (κ1) is 12.4. The average molecular weight is 243 g/mol. The minimum Gasteiger partial charge on any atom is -0.437 e. The quantitative estimate of drug-likeness (QED) is 0.880. The molecular weight excluding hydrogens is 226 g/mol. The Morgan fingerprint density at radius 2 is 1.89 bits per heavy atom. The lowest BCUT2D eigenvalue weighted by atomic mass is 9.86. The number of ether oxygens (including phenoxy) is 1. The minimum absolute atomic E-state index is 0.00160. The first-order valence-corrected chi connectivity index (χ1v) is 5.81. The summed E-state index contributed by atoms with van der Waals surface area (Å²) in [6.45, 7) is 6.41. The molecule has 0 aliphatic heterocycles. The molecule has 94 valence electrons. The highest BCUT2D eigenvalue weighted by atomic mass is 16.5. The zero-order valence-electron chi connectivity index (χ0n) is 10.8. The summed E-state index contributed by atoms with van der Waals surface area (Å²) in [6.07, 6.45) is 2.95. The van der Waals surface area contributed by atoms with Crippen LogP contribution < -0.4 is 10.5 Å². The van der Waals surface area contributed by atoms with Crippen LogP contribution in [0, 0.1) is 0 Å². The molecule has 2 rings (SSSR count). The number of para-hydroxylation sites is 1. The molecule has 0 fully saturated rings. The Kier molecular flexibility index (Phi) is 3.19. The molecule has 0 unspecified atom stereocenters. The fourth-order valence-corrected chi connectivity index (χ4v) is 1.69. The largest absolute Gasteiger partial charge is 0.437 e. The van der Waals surface area contributed by atoms with Crippen LogP contribution in [-0.4, -0.2) is 9.97 Å². The van der Waals surface area contributed by atoms with Crippen molar-refractivity contribution in [1.82, 2.24) is 9.97 Å². The maximum absolute atomic E-state index is 5.79. The van der Waals surface area contributed by atoms with Gasteiger partial charge in [0, 0.05) is 5.56 Å². The highest BCUT2D eigenvalue weighted by Crippen LogP contribution is 2.34. The Hall–Kier alpha value is -2.10. The van der Waals surface area contributed by atoms with Crippen LogP contribution in [0.1, 0.15) is 26.3 Å². The van der Waals surface area contributed by atoms with E-state index in [-0.39, 0.29) is 5.41 Å². The van der Waals surface area contributed by atoms with Crippen LogP contribution in [0.15, 0.2) is 36.8 Å². The van der Waals surface area contributed by atoms with E-state index in [4.69, 9.17) is 10.5 Å². The number of rotatable bonds is 2. The van der Waals surface area contributed by atoms with Crippen LogP contribution in [0.4, 0.5) is 5.69 Å². The van der Waals surface area contributed by atoms with Gasteiger partial charge in [0.2, 0.25) is 5.88 Å². The lowest BCUT2D eigenvalue weighted by molar-refractivity contribution is 0.441. The molecule has 0 spiro atoms. The van der Waals surface area contributed by atoms with Crippen LogP contribution in [0.3, 0.4) is 0 Å². The number of nitrogens with two attached hydrogens (primary N) is 1. The predicted molar refractivity (Wildman–Crippen MR) is 71.7 cm³/mol. The number of anilines is 1. The molecule has 0 saturated carbocycles. The molecule has 0 amide bonds. The van der Waals surface area contributed by atoms with E-state index in [1.807, 2.05) is 24.3 Å². The lowest BCUT2D eigenvalue weighted by Gasteiger charge is -2.22. The summed E-state index contributed by atoms with van der Waals surface area (Å²) in [4.78, 5) is 7.88. The van der Waals surface area contributed by atoms with Gasteiger partial charge in [-0.3, -0.25) is 0 Å². The average Bonchev–Trinajstić information content (AvgIpc) is 2.31. The van der Waals surface area contributed by atoms with E-state index in [0.29, 0.717) is 11.6 Å². The summed E-state index contributed by atoms with van der Waals surface area (Å²) in [7, 11) is 0. The first-order valence-electron chi connectivity index (χ1n) is 5.81.